The Morgan fingerprint density at radius 1 is 0.778 bits per heavy atom. The molecule has 6 atom stereocenters. The second kappa shape index (κ2) is 21.2. The fraction of sp³-hybridized carbons (Fsp3) is 0.963. The van der Waals surface area contributed by atoms with Crippen molar-refractivity contribution < 1.29 is 44.2 Å². The monoisotopic (exact) mass is 520 g/mol. The fourth-order valence-corrected chi connectivity index (χ4v) is 4.23. The van der Waals surface area contributed by atoms with Crippen molar-refractivity contribution in [2.24, 2.45) is 0 Å². The zero-order chi connectivity index (χ0) is 26.6. The minimum absolute atomic E-state index is 0.114. The molecule has 1 aliphatic heterocycles. The van der Waals surface area contributed by atoms with Crippen molar-refractivity contribution in [2.75, 3.05) is 26.4 Å². The van der Waals surface area contributed by atoms with Crippen LogP contribution in [0.15, 0.2) is 0 Å². The van der Waals surface area contributed by atoms with Gasteiger partial charge in [-0.15, -0.1) is 0 Å². The molecular formula is C27H52O9. The first-order valence-corrected chi connectivity index (χ1v) is 14.1. The molecule has 1 fully saturated rings. The summed E-state index contributed by atoms with van der Waals surface area (Å²) in [5, 5.41) is 39.2. The van der Waals surface area contributed by atoms with Gasteiger partial charge in [0.1, 0.15) is 30.5 Å². The van der Waals surface area contributed by atoms with Gasteiger partial charge in [0.2, 0.25) is 0 Å². The summed E-state index contributed by atoms with van der Waals surface area (Å²) < 4.78 is 22.1. The number of hydrogen-bond acceptors (Lipinski definition) is 9. The van der Waals surface area contributed by atoms with Crippen molar-refractivity contribution in [3.05, 3.63) is 0 Å². The van der Waals surface area contributed by atoms with Crippen LogP contribution in [-0.2, 0) is 23.7 Å². The van der Waals surface area contributed by atoms with Gasteiger partial charge in [-0.3, -0.25) is 4.79 Å². The molecular weight excluding hydrogens is 468 g/mol. The first-order valence-electron chi connectivity index (χ1n) is 14.1. The maximum absolute atomic E-state index is 12.0. The molecule has 4 N–H and O–H groups in total. The number of carbonyl (C=O) groups excluding carboxylic acids is 1. The maximum Gasteiger partial charge on any atom is 0.306 e. The lowest BCUT2D eigenvalue weighted by Crippen LogP contribution is -2.59. The Morgan fingerprint density at radius 3 is 1.92 bits per heavy atom. The third-order valence-electron chi connectivity index (χ3n) is 6.49. The van der Waals surface area contributed by atoms with Crippen LogP contribution in [0.2, 0.25) is 0 Å². The van der Waals surface area contributed by atoms with Crippen LogP contribution >= 0.6 is 0 Å². The molecule has 9 nitrogen and oxygen atoms in total. The summed E-state index contributed by atoms with van der Waals surface area (Å²) in [6.45, 7) is 4.17. The summed E-state index contributed by atoms with van der Waals surface area (Å²) in [5.41, 5.74) is 0. The van der Waals surface area contributed by atoms with Crippen LogP contribution in [0.1, 0.15) is 104 Å². The Balaban J connectivity index is 2.24. The standard InChI is InChI=1S/C27H52O9/c1-3-5-6-7-8-9-10-11-12-13-14-15-17-33-19-21(35-23(29)16-4-2)20-34-27-26(32)25(31)24(30)22(18-28)36-27/h21-22,24-28,30-32H,3-20H2,1-2H3. The Kier molecular flexibility index (Phi) is 19.5. The second-order valence-electron chi connectivity index (χ2n) is 9.86. The van der Waals surface area contributed by atoms with Gasteiger partial charge < -0.3 is 39.4 Å². The van der Waals surface area contributed by atoms with Crippen molar-refractivity contribution in [3.8, 4) is 0 Å². The number of carbonyl (C=O) groups is 1. The van der Waals surface area contributed by atoms with Gasteiger partial charge in [0, 0.05) is 13.0 Å². The van der Waals surface area contributed by atoms with E-state index in [1.807, 2.05) is 6.92 Å². The lowest BCUT2D eigenvalue weighted by molar-refractivity contribution is -0.305. The van der Waals surface area contributed by atoms with Crippen LogP contribution in [0, 0.1) is 0 Å². The summed E-state index contributed by atoms with van der Waals surface area (Å²) in [5.74, 6) is -0.367. The topological polar surface area (TPSA) is 135 Å². The number of ether oxygens (including phenoxy) is 4. The molecule has 36 heavy (non-hydrogen) atoms. The van der Waals surface area contributed by atoms with E-state index in [9.17, 15) is 25.2 Å². The smallest absolute Gasteiger partial charge is 0.306 e. The van der Waals surface area contributed by atoms with Gasteiger partial charge in [-0.05, 0) is 12.8 Å². The van der Waals surface area contributed by atoms with Crippen molar-refractivity contribution >= 4 is 5.97 Å². The molecule has 1 rings (SSSR count). The summed E-state index contributed by atoms with van der Waals surface area (Å²) in [7, 11) is 0. The molecule has 0 bridgehead atoms. The number of rotatable bonds is 22. The van der Waals surface area contributed by atoms with E-state index in [0.29, 0.717) is 13.0 Å². The Labute approximate surface area is 217 Å². The third kappa shape index (κ3) is 14.2. The first-order chi connectivity index (χ1) is 17.4. The predicted octanol–water partition coefficient (Wildman–Crippen LogP) is 3.23. The highest BCUT2D eigenvalue weighted by Gasteiger charge is 2.44. The SMILES string of the molecule is CCCCCCCCCCCCCCOCC(COC1OC(CO)C(O)C(O)C1O)OC(=O)CCC. The van der Waals surface area contributed by atoms with E-state index < -0.39 is 43.4 Å². The quantitative estimate of drug-likeness (QED) is 0.125. The molecule has 214 valence electrons. The minimum Gasteiger partial charge on any atom is -0.457 e. The normalized spacial score (nSPS) is 25.1. The molecule has 0 aromatic rings. The number of hydrogen-bond donors (Lipinski definition) is 4. The number of esters is 1. The van der Waals surface area contributed by atoms with Crippen LogP contribution in [0.25, 0.3) is 0 Å². The van der Waals surface area contributed by atoms with Crippen molar-refractivity contribution in [1.82, 2.24) is 0 Å². The van der Waals surface area contributed by atoms with Crippen molar-refractivity contribution in [1.29, 1.82) is 0 Å². The zero-order valence-electron chi connectivity index (χ0n) is 22.5. The number of aliphatic hydroxyl groups is 4. The van der Waals surface area contributed by atoms with E-state index in [2.05, 4.69) is 6.92 Å². The third-order valence-corrected chi connectivity index (χ3v) is 6.49. The van der Waals surface area contributed by atoms with Crippen molar-refractivity contribution in [3.63, 3.8) is 0 Å². The van der Waals surface area contributed by atoms with Crippen LogP contribution in [0.5, 0.6) is 0 Å². The fourth-order valence-electron chi connectivity index (χ4n) is 4.23. The van der Waals surface area contributed by atoms with E-state index in [4.69, 9.17) is 18.9 Å². The molecule has 0 saturated carbocycles. The summed E-state index contributed by atoms with van der Waals surface area (Å²) in [4.78, 5) is 12.0. The molecule has 1 aliphatic rings. The zero-order valence-corrected chi connectivity index (χ0v) is 22.5. The van der Waals surface area contributed by atoms with E-state index in [1.54, 1.807) is 0 Å². The van der Waals surface area contributed by atoms with Crippen LogP contribution < -0.4 is 0 Å². The molecule has 0 amide bonds. The minimum atomic E-state index is -1.52. The molecule has 0 aliphatic carbocycles. The average molecular weight is 521 g/mol. The van der Waals surface area contributed by atoms with Crippen LogP contribution in [0.3, 0.4) is 0 Å². The first kappa shape index (κ1) is 33.2. The molecule has 9 heteroatoms. The Morgan fingerprint density at radius 2 is 1.36 bits per heavy atom. The molecule has 6 unspecified atom stereocenters. The van der Waals surface area contributed by atoms with Gasteiger partial charge in [-0.25, -0.2) is 0 Å². The van der Waals surface area contributed by atoms with Gasteiger partial charge in [-0.2, -0.15) is 0 Å². The average Bonchev–Trinajstić information content (AvgIpc) is 2.87. The number of unbranched alkanes of at least 4 members (excludes halogenated alkanes) is 11. The van der Waals surface area contributed by atoms with Gasteiger partial charge >= 0.3 is 5.97 Å². The highest BCUT2D eigenvalue weighted by Crippen LogP contribution is 2.22. The highest BCUT2D eigenvalue weighted by molar-refractivity contribution is 5.69. The van der Waals surface area contributed by atoms with Crippen molar-refractivity contribution in [2.45, 2.75) is 141 Å². The lowest BCUT2D eigenvalue weighted by Gasteiger charge is -2.39. The Bertz CT molecular complexity index is 531. The molecule has 0 aromatic heterocycles. The molecule has 1 saturated heterocycles. The van der Waals surface area contributed by atoms with E-state index >= 15 is 0 Å². The summed E-state index contributed by atoms with van der Waals surface area (Å²) in [6.07, 6.45) is 8.58. The van der Waals surface area contributed by atoms with E-state index in [-0.39, 0.29) is 25.6 Å². The number of aliphatic hydroxyl groups excluding tert-OH is 4. The van der Waals surface area contributed by atoms with Gasteiger partial charge in [0.05, 0.1) is 19.8 Å². The second-order valence-corrected chi connectivity index (χ2v) is 9.86. The predicted molar refractivity (Wildman–Crippen MR) is 136 cm³/mol. The molecule has 0 radical (unpaired) electrons. The van der Waals surface area contributed by atoms with E-state index in [0.717, 1.165) is 12.8 Å². The largest absolute Gasteiger partial charge is 0.457 e. The van der Waals surface area contributed by atoms with Gasteiger partial charge in [0.25, 0.3) is 0 Å². The van der Waals surface area contributed by atoms with Crippen LogP contribution in [0.4, 0.5) is 0 Å². The van der Waals surface area contributed by atoms with E-state index in [1.165, 1.54) is 64.2 Å². The summed E-state index contributed by atoms with van der Waals surface area (Å²) in [6, 6.07) is 0. The van der Waals surface area contributed by atoms with Gasteiger partial charge in [-0.1, -0.05) is 84.5 Å². The lowest BCUT2D eigenvalue weighted by atomic mass is 9.99. The summed E-state index contributed by atoms with van der Waals surface area (Å²) >= 11 is 0. The van der Waals surface area contributed by atoms with Crippen LogP contribution in [-0.4, -0.2) is 89.6 Å². The van der Waals surface area contributed by atoms with Gasteiger partial charge in [0.15, 0.2) is 6.29 Å². The molecule has 1 heterocycles. The highest BCUT2D eigenvalue weighted by atomic mass is 16.7. The molecule has 0 spiro atoms. The molecule has 0 aromatic carbocycles. The Hall–Kier alpha value is -0.810. The maximum atomic E-state index is 12.0.